The predicted octanol–water partition coefficient (Wildman–Crippen LogP) is 4.33. The van der Waals surface area contributed by atoms with Crippen LogP contribution in [0.5, 0.6) is 5.75 Å². The lowest BCUT2D eigenvalue weighted by Gasteiger charge is -2.37. The molecule has 152 valence electrons. The summed E-state index contributed by atoms with van der Waals surface area (Å²) in [6, 6.07) is 14.0. The van der Waals surface area contributed by atoms with Gasteiger partial charge >= 0.3 is 0 Å². The van der Waals surface area contributed by atoms with Crippen LogP contribution in [0.3, 0.4) is 0 Å². The molecule has 1 aliphatic heterocycles. The minimum atomic E-state index is 0. The quantitative estimate of drug-likeness (QED) is 0.382. The maximum absolute atomic E-state index is 5.88. The highest BCUT2D eigenvalue weighted by atomic mass is 127. The van der Waals surface area contributed by atoms with Crippen LogP contribution in [-0.4, -0.2) is 36.0 Å². The van der Waals surface area contributed by atoms with Gasteiger partial charge < -0.3 is 15.0 Å². The maximum atomic E-state index is 5.88. The van der Waals surface area contributed by atoms with Crippen molar-refractivity contribution >= 4 is 29.9 Å². The van der Waals surface area contributed by atoms with Crippen molar-refractivity contribution in [2.75, 3.05) is 20.1 Å². The van der Waals surface area contributed by atoms with Gasteiger partial charge in [0.15, 0.2) is 5.96 Å². The molecular weight excluding hydrogens is 463 g/mol. The van der Waals surface area contributed by atoms with Crippen LogP contribution >= 0.6 is 24.0 Å². The van der Waals surface area contributed by atoms with E-state index in [1.807, 2.05) is 37.4 Å². The van der Waals surface area contributed by atoms with Crippen molar-refractivity contribution in [1.29, 1.82) is 0 Å². The molecule has 1 fully saturated rings. The Morgan fingerprint density at radius 1 is 1.18 bits per heavy atom. The highest BCUT2D eigenvalue weighted by molar-refractivity contribution is 14.0. The Morgan fingerprint density at radius 3 is 2.64 bits per heavy atom. The van der Waals surface area contributed by atoms with Gasteiger partial charge in [-0.2, -0.15) is 0 Å². The molecule has 0 bridgehead atoms. The van der Waals surface area contributed by atoms with Gasteiger partial charge in [0, 0.05) is 32.9 Å². The number of aromatic nitrogens is 1. The van der Waals surface area contributed by atoms with E-state index in [-0.39, 0.29) is 24.0 Å². The number of halogens is 1. The van der Waals surface area contributed by atoms with Crippen molar-refractivity contribution < 1.29 is 4.74 Å². The summed E-state index contributed by atoms with van der Waals surface area (Å²) in [6.45, 7) is 7.97. The summed E-state index contributed by atoms with van der Waals surface area (Å²) in [4.78, 5) is 11.2. The van der Waals surface area contributed by atoms with Crippen molar-refractivity contribution in [2.45, 2.75) is 33.4 Å². The van der Waals surface area contributed by atoms with Crippen LogP contribution in [0.4, 0.5) is 0 Å². The molecule has 0 radical (unpaired) electrons. The van der Waals surface area contributed by atoms with Gasteiger partial charge in [-0.05, 0) is 48.1 Å². The zero-order valence-corrected chi connectivity index (χ0v) is 19.3. The van der Waals surface area contributed by atoms with Crippen LogP contribution in [-0.2, 0) is 13.2 Å². The van der Waals surface area contributed by atoms with Gasteiger partial charge in [-0.25, -0.2) is 0 Å². The molecule has 2 atom stereocenters. The normalized spacial score (nSPS) is 19.7. The van der Waals surface area contributed by atoms with Crippen LogP contribution in [0.2, 0.25) is 0 Å². The number of ether oxygens (including phenoxy) is 1. The molecule has 2 aromatic rings. The number of rotatable bonds is 5. The molecule has 0 aliphatic carbocycles. The Kier molecular flexibility index (Phi) is 9.02. The molecule has 0 saturated carbocycles. The van der Waals surface area contributed by atoms with E-state index in [2.05, 4.69) is 46.2 Å². The van der Waals surface area contributed by atoms with Crippen LogP contribution in [0.25, 0.3) is 0 Å². The Morgan fingerprint density at radius 2 is 1.96 bits per heavy atom. The zero-order chi connectivity index (χ0) is 19.1. The van der Waals surface area contributed by atoms with Crippen LogP contribution in [0.1, 0.15) is 31.5 Å². The van der Waals surface area contributed by atoms with Crippen molar-refractivity contribution in [3.8, 4) is 5.75 Å². The number of benzene rings is 1. The number of aliphatic imine (C=N–C) groups is 1. The molecule has 0 spiro atoms. The second-order valence-electron chi connectivity index (χ2n) is 7.51. The highest BCUT2D eigenvalue weighted by Crippen LogP contribution is 2.21. The standard InChI is InChI=1S/C22H30N4O.HI/c1-17-11-18(2)15-26(14-17)22(23-3)25-13-19-7-6-9-21(12-19)27-16-20-8-4-5-10-24-20;/h4-10,12,17-18H,11,13-16H2,1-3H3,(H,23,25);1H. The number of pyridine rings is 1. The van der Waals surface area contributed by atoms with E-state index in [0.717, 1.165) is 37.0 Å². The molecule has 0 amide bonds. The van der Waals surface area contributed by atoms with Gasteiger partial charge in [0.1, 0.15) is 12.4 Å². The Balaban J connectivity index is 0.00000280. The molecule has 28 heavy (non-hydrogen) atoms. The first-order chi connectivity index (χ1) is 13.1. The summed E-state index contributed by atoms with van der Waals surface area (Å²) in [7, 11) is 1.86. The predicted molar refractivity (Wildman–Crippen MR) is 125 cm³/mol. The molecule has 3 rings (SSSR count). The third kappa shape index (κ3) is 6.65. The molecule has 1 aliphatic rings. The first kappa shape index (κ1) is 22.5. The van der Waals surface area contributed by atoms with Crippen molar-refractivity contribution in [2.24, 2.45) is 16.8 Å². The third-order valence-electron chi connectivity index (χ3n) is 4.84. The number of hydrogen-bond acceptors (Lipinski definition) is 3. The first-order valence-electron chi connectivity index (χ1n) is 9.71. The van der Waals surface area contributed by atoms with Gasteiger partial charge in [0.25, 0.3) is 0 Å². The molecule has 1 aromatic heterocycles. The summed E-state index contributed by atoms with van der Waals surface area (Å²) in [5, 5.41) is 3.51. The molecule has 6 heteroatoms. The molecule has 2 unspecified atom stereocenters. The van der Waals surface area contributed by atoms with Gasteiger partial charge in [0.2, 0.25) is 0 Å². The fourth-order valence-corrected chi connectivity index (χ4v) is 3.74. The van der Waals surface area contributed by atoms with Gasteiger partial charge in [-0.1, -0.05) is 32.0 Å². The van der Waals surface area contributed by atoms with E-state index in [9.17, 15) is 0 Å². The van der Waals surface area contributed by atoms with Gasteiger partial charge in [-0.15, -0.1) is 24.0 Å². The summed E-state index contributed by atoms with van der Waals surface area (Å²) in [5.41, 5.74) is 2.10. The SMILES string of the molecule is CN=C(NCc1cccc(OCc2ccccn2)c1)N1CC(C)CC(C)C1.I. The monoisotopic (exact) mass is 494 g/mol. The molecule has 1 N–H and O–H groups in total. The Labute approximate surface area is 185 Å². The number of hydrogen-bond donors (Lipinski definition) is 1. The van der Waals surface area contributed by atoms with E-state index in [0.29, 0.717) is 18.4 Å². The molecule has 1 saturated heterocycles. The lowest BCUT2D eigenvalue weighted by Crippen LogP contribution is -2.48. The van der Waals surface area contributed by atoms with Crippen LogP contribution in [0, 0.1) is 11.8 Å². The van der Waals surface area contributed by atoms with Gasteiger partial charge in [-0.3, -0.25) is 9.98 Å². The number of nitrogens with one attached hydrogen (secondary N) is 1. The van der Waals surface area contributed by atoms with E-state index in [1.165, 1.54) is 12.0 Å². The fraction of sp³-hybridized carbons (Fsp3) is 0.455. The molecular formula is C22H31IN4O. The van der Waals surface area contributed by atoms with Gasteiger partial charge in [0.05, 0.1) is 5.69 Å². The van der Waals surface area contributed by atoms with Crippen LogP contribution in [0.15, 0.2) is 53.7 Å². The highest BCUT2D eigenvalue weighted by Gasteiger charge is 2.23. The largest absolute Gasteiger partial charge is 0.487 e. The summed E-state index contributed by atoms with van der Waals surface area (Å²) < 4.78 is 5.88. The molecule has 1 aromatic carbocycles. The average Bonchev–Trinajstić information content (AvgIpc) is 2.67. The fourth-order valence-electron chi connectivity index (χ4n) is 3.74. The van der Waals surface area contributed by atoms with Crippen molar-refractivity contribution in [3.63, 3.8) is 0 Å². The number of nitrogens with zero attached hydrogens (tertiary/aromatic N) is 3. The van der Waals surface area contributed by atoms with Crippen LogP contribution < -0.4 is 10.1 Å². The lowest BCUT2D eigenvalue weighted by molar-refractivity contribution is 0.208. The Bertz CT molecular complexity index is 743. The zero-order valence-electron chi connectivity index (χ0n) is 17.0. The topological polar surface area (TPSA) is 49.8 Å². The molecule has 2 heterocycles. The number of piperidine rings is 1. The van der Waals surface area contributed by atoms with Crippen molar-refractivity contribution in [3.05, 3.63) is 59.9 Å². The number of likely N-dealkylation sites (tertiary alicyclic amines) is 1. The summed E-state index contributed by atoms with van der Waals surface area (Å²) in [6.07, 6.45) is 3.08. The second kappa shape index (κ2) is 11.2. The minimum Gasteiger partial charge on any atom is -0.487 e. The molecule has 5 nitrogen and oxygen atoms in total. The number of guanidine groups is 1. The first-order valence-corrected chi connectivity index (χ1v) is 9.71. The summed E-state index contributed by atoms with van der Waals surface area (Å²) in [5.74, 6) is 3.25. The average molecular weight is 494 g/mol. The third-order valence-corrected chi connectivity index (χ3v) is 4.84. The van der Waals surface area contributed by atoms with E-state index >= 15 is 0 Å². The Hall–Kier alpha value is -1.83. The van der Waals surface area contributed by atoms with E-state index in [4.69, 9.17) is 4.74 Å². The summed E-state index contributed by atoms with van der Waals surface area (Å²) >= 11 is 0. The lowest BCUT2D eigenvalue weighted by atomic mass is 9.92. The smallest absolute Gasteiger partial charge is 0.193 e. The second-order valence-corrected chi connectivity index (χ2v) is 7.51. The van der Waals surface area contributed by atoms with Crippen molar-refractivity contribution in [1.82, 2.24) is 15.2 Å². The van der Waals surface area contributed by atoms with E-state index in [1.54, 1.807) is 6.20 Å². The minimum absolute atomic E-state index is 0. The van der Waals surface area contributed by atoms with E-state index < -0.39 is 0 Å². The maximum Gasteiger partial charge on any atom is 0.193 e.